The van der Waals surface area contributed by atoms with Crippen LogP contribution in [0.5, 0.6) is 5.75 Å². The highest BCUT2D eigenvalue weighted by Gasteiger charge is 2.26. The molecule has 68 valence electrons. The van der Waals surface area contributed by atoms with Crippen LogP contribution in [0.25, 0.3) is 0 Å². The van der Waals surface area contributed by atoms with Crippen LogP contribution in [0.1, 0.15) is 0 Å². The van der Waals surface area contributed by atoms with Crippen LogP contribution in [0, 0.1) is 0 Å². The van der Waals surface area contributed by atoms with Crippen molar-refractivity contribution in [2.75, 3.05) is 5.73 Å². The highest BCUT2D eigenvalue weighted by Crippen LogP contribution is 2.39. The third-order valence-corrected chi connectivity index (χ3v) is 3.15. The monoisotopic (exact) mass is 198 g/mol. The summed E-state index contributed by atoms with van der Waals surface area (Å²) in [6, 6.07) is 2.72. The van der Waals surface area contributed by atoms with Gasteiger partial charge in [0.05, 0.1) is 11.4 Å². The second-order valence-corrected chi connectivity index (χ2v) is 4.34. The van der Waals surface area contributed by atoms with Crippen LogP contribution >= 0.6 is 0 Å². The van der Waals surface area contributed by atoms with Crippen molar-refractivity contribution in [2.24, 2.45) is 4.99 Å². The lowest BCUT2D eigenvalue weighted by atomic mass is 10.2. The molecule has 5 nitrogen and oxygen atoms in total. The molecule has 0 aliphatic carbocycles. The molecule has 0 saturated heterocycles. The summed E-state index contributed by atoms with van der Waals surface area (Å²) in [7, 11) is -3.54. The number of rotatable bonds is 0. The van der Waals surface area contributed by atoms with E-state index >= 15 is 0 Å². The lowest BCUT2D eigenvalue weighted by molar-refractivity contribution is 0.476. The molecule has 0 fully saturated rings. The van der Waals surface area contributed by atoms with Gasteiger partial charge in [0.15, 0.2) is 0 Å². The Hall–Kier alpha value is -1.56. The van der Waals surface area contributed by atoms with Crippen LogP contribution in [-0.2, 0) is 9.84 Å². The van der Waals surface area contributed by atoms with Crippen LogP contribution in [0.2, 0.25) is 0 Å². The Morgan fingerprint density at radius 2 is 2.08 bits per heavy atom. The van der Waals surface area contributed by atoms with Crippen molar-refractivity contribution in [1.29, 1.82) is 0 Å². The summed E-state index contributed by atoms with van der Waals surface area (Å²) in [5.41, 5.74) is 6.36. The number of benzene rings is 1. The SMILES string of the molecule is Nc1c(O)ccc2c1S(=O)(=O)C=N2. The molecule has 1 aromatic carbocycles. The van der Waals surface area contributed by atoms with Gasteiger partial charge in [-0.1, -0.05) is 0 Å². The van der Waals surface area contributed by atoms with Crippen molar-refractivity contribution in [3.05, 3.63) is 12.1 Å². The number of aromatic hydroxyl groups is 1. The van der Waals surface area contributed by atoms with E-state index in [0.29, 0.717) is 0 Å². The lowest BCUT2D eigenvalue weighted by Crippen LogP contribution is -2.01. The van der Waals surface area contributed by atoms with Crippen molar-refractivity contribution in [3.8, 4) is 5.75 Å². The fraction of sp³-hybridized carbons (Fsp3) is 0. The first-order chi connectivity index (χ1) is 6.02. The number of nitrogens with two attached hydrogens (primary N) is 1. The zero-order chi connectivity index (χ0) is 9.64. The molecule has 0 atom stereocenters. The lowest BCUT2D eigenvalue weighted by Gasteiger charge is -2.03. The quantitative estimate of drug-likeness (QED) is 0.466. The van der Waals surface area contributed by atoms with E-state index in [4.69, 9.17) is 5.73 Å². The van der Waals surface area contributed by atoms with Gasteiger partial charge in [-0.2, -0.15) is 0 Å². The molecular weight excluding hydrogens is 192 g/mol. The van der Waals surface area contributed by atoms with Gasteiger partial charge in [-0.25, -0.2) is 13.4 Å². The van der Waals surface area contributed by atoms with Crippen molar-refractivity contribution in [3.63, 3.8) is 0 Å². The number of sulfone groups is 1. The molecule has 2 rings (SSSR count). The number of fused-ring (bicyclic) bond motifs is 1. The van der Waals surface area contributed by atoms with Gasteiger partial charge in [-0.15, -0.1) is 0 Å². The van der Waals surface area contributed by atoms with Gasteiger partial charge in [0.1, 0.15) is 16.2 Å². The fourth-order valence-electron chi connectivity index (χ4n) is 1.16. The van der Waals surface area contributed by atoms with Crippen LogP contribution in [-0.4, -0.2) is 19.1 Å². The fourth-order valence-corrected chi connectivity index (χ4v) is 2.34. The second-order valence-electron chi connectivity index (χ2n) is 2.63. The smallest absolute Gasteiger partial charge is 0.221 e. The van der Waals surface area contributed by atoms with Gasteiger partial charge in [0.2, 0.25) is 9.84 Å². The zero-order valence-corrected chi connectivity index (χ0v) is 7.25. The minimum Gasteiger partial charge on any atom is -0.506 e. The summed E-state index contributed by atoms with van der Waals surface area (Å²) in [4.78, 5) is 3.55. The number of hydrogen-bond donors (Lipinski definition) is 2. The number of nitrogens with zero attached hydrogens (tertiary/aromatic N) is 1. The Labute approximate surface area is 74.4 Å². The summed E-state index contributed by atoms with van der Waals surface area (Å²) in [5, 5.41) is 9.17. The number of anilines is 1. The molecular formula is C7H6N2O3S. The molecule has 3 N–H and O–H groups in total. The molecule has 0 spiro atoms. The van der Waals surface area contributed by atoms with Gasteiger partial charge in [0.25, 0.3) is 0 Å². The zero-order valence-electron chi connectivity index (χ0n) is 6.43. The van der Waals surface area contributed by atoms with Gasteiger partial charge >= 0.3 is 0 Å². The highest BCUT2D eigenvalue weighted by molar-refractivity contribution is 8.05. The summed E-state index contributed by atoms with van der Waals surface area (Å²) in [6.45, 7) is 0. The number of nitrogen functional groups attached to an aromatic ring is 1. The predicted octanol–water partition coefficient (Wildman–Crippen LogP) is 0.422. The van der Waals surface area contributed by atoms with Crippen molar-refractivity contribution < 1.29 is 13.5 Å². The average molecular weight is 198 g/mol. The van der Waals surface area contributed by atoms with Crippen molar-refractivity contribution in [2.45, 2.75) is 4.90 Å². The molecule has 0 saturated carbocycles. The molecule has 1 aliphatic rings. The molecule has 0 unspecified atom stereocenters. The van der Waals surface area contributed by atoms with Gasteiger partial charge < -0.3 is 10.8 Å². The first kappa shape index (κ1) is 8.06. The molecule has 1 heterocycles. The van der Waals surface area contributed by atoms with Crippen LogP contribution in [0.3, 0.4) is 0 Å². The molecule has 0 bridgehead atoms. The van der Waals surface area contributed by atoms with Gasteiger partial charge in [-0.05, 0) is 12.1 Å². The Balaban J connectivity index is 2.89. The number of phenolic OH excluding ortho intramolecular Hbond substituents is 1. The average Bonchev–Trinajstić information content (AvgIpc) is 2.35. The van der Waals surface area contributed by atoms with E-state index in [-0.39, 0.29) is 22.0 Å². The first-order valence-corrected chi connectivity index (χ1v) is 4.97. The van der Waals surface area contributed by atoms with E-state index in [0.717, 1.165) is 5.55 Å². The third kappa shape index (κ3) is 0.988. The molecule has 1 aliphatic heterocycles. The van der Waals surface area contributed by atoms with Crippen LogP contribution in [0.15, 0.2) is 22.0 Å². The van der Waals surface area contributed by atoms with Gasteiger partial charge in [0, 0.05) is 0 Å². The van der Waals surface area contributed by atoms with E-state index in [2.05, 4.69) is 4.99 Å². The molecule has 0 radical (unpaired) electrons. The Kier molecular flexibility index (Phi) is 1.38. The van der Waals surface area contributed by atoms with Crippen molar-refractivity contribution in [1.82, 2.24) is 0 Å². The first-order valence-electron chi connectivity index (χ1n) is 3.43. The summed E-state index contributed by atoms with van der Waals surface area (Å²) in [5.74, 6) is -0.243. The Morgan fingerprint density at radius 3 is 2.77 bits per heavy atom. The Morgan fingerprint density at radius 1 is 1.38 bits per heavy atom. The maximum absolute atomic E-state index is 11.3. The summed E-state index contributed by atoms with van der Waals surface area (Å²) >= 11 is 0. The minimum absolute atomic E-state index is 0.104. The van der Waals surface area contributed by atoms with E-state index in [1.165, 1.54) is 12.1 Å². The molecule has 6 heteroatoms. The molecule has 13 heavy (non-hydrogen) atoms. The van der Waals surface area contributed by atoms with E-state index in [1.54, 1.807) is 0 Å². The number of hydrogen-bond acceptors (Lipinski definition) is 5. The van der Waals surface area contributed by atoms with Crippen molar-refractivity contribution >= 4 is 26.8 Å². The van der Waals surface area contributed by atoms with Crippen LogP contribution < -0.4 is 5.73 Å². The normalized spacial score (nSPS) is 17.2. The van der Waals surface area contributed by atoms with E-state index < -0.39 is 9.84 Å². The maximum Gasteiger partial charge on any atom is 0.221 e. The maximum atomic E-state index is 11.3. The number of aliphatic imine (C=N–C) groups is 1. The summed E-state index contributed by atoms with van der Waals surface area (Å²) < 4.78 is 22.6. The highest BCUT2D eigenvalue weighted by atomic mass is 32.2. The molecule has 0 amide bonds. The van der Waals surface area contributed by atoms with E-state index in [9.17, 15) is 13.5 Å². The largest absolute Gasteiger partial charge is 0.506 e. The molecule has 1 aromatic rings. The molecule has 0 aromatic heterocycles. The predicted molar refractivity (Wildman–Crippen MR) is 47.9 cm³/mol. The van der Waals surface area contributed by atoms with E-state index in [1.807, 2.05) is 0 Å². The topological polar surface area (TPSA) is 92.8 Å². The number of phenols is 1. The third-order valence-electron chi connectivity index (χ3n) is 1.77. The standard InChI is InChI=1S/C7H6N2O3S/c8-6-5(10)2-1-4-7(6)13(11,12)3-9-4/h1-3,10H,8H2. The Bertz CT molecular complexity index is 505. The second kappa shape index (κ2) is 2.23. The van der Waals surface area contributed by atoms with Gasteiger partial charge in [-0.3, -0.25) is 0 Å². The minimum atomic E-state index is -3.54. The summed E-state index contributed by atoms with van der Waals surface area (Å²) in [6.07, 6.45) is 0. The van der Waals surface area contributed by atoms with Crippen LogP contribution in [0.4, 0.5) is 11.4 Å².